The summed E-state index contributed by atoms with van der Waals surface area (Å²) in [5.74, 6) is 0.202. The zero-order chi connectivity index (χ0) is 15.2. The number of aliphatic hydroxyl groups is 1. The molecule has 1 aromatic rings. The Morgan fingerprint density at radius 2 is 2.10 bits per heavy atom. The fraction of sp³-hybridized carbons (Fsp3) is 0.538. The van der Waals surface area contributed by atoms with Crippen LogP contribution in [0, 0.1) is 0 Å². The first-order valence-corrected chi connectivity index (χ1v) is 7.82. The first kappa shape index (κ1) is 16.9. The van der Waals surface area contributed by atoms with Crippen molar-refractivity contribution in [3.05, 3.63) is 23.8 Å². The van der Waals surface area contributed by atoms with E-state index in [4.69, 9.17) is 14.6 Å². The summed E-state index contributed by atoms with van der Waals surface area (Å²) < 4.78 is 37.2. The molecule has 0 saturated heterocycles. The molecule has 0 bridgehead atoms. The Labute approximate surface area is 119 Å². The van der Waals surface area contributed by atoms with Gasteiger partial charge in [0.25, 0.3) is 0 Å². The summed E-state index contributed by atoms with van der Waals surface area (Å²) in [4.78, 5) is 0.0425. The van der Waals surface area contributed by atoms with Crippen LogP contribution < -0.4 is 9.46 Å². The molecule has 1 rings (SSSR count). The van der Waals surface area contributed by atoms with Crippen molar-refractivity contribution in [1.82, 2.24) is 4.72 Å². The molecule has 0 spiro atoms. The van der Waals surface area contributed by atoms with E-state index < -0.39 is 10.0 Å². The largest absolute Gasteiger partial charge is 0.495 e. The molecule has 2 N–H and O–H groups in total. The lowest BCUT2D eigenvalue weighted by Gasteiger charge is -2.15. The lowest BCUT2D eigenvalue weighted by molar-refractivity contribution is 0.0799. The molecule has 114 valence electrons. The summed E-state index contributed by atoms with van der Waals surface area (Å²) in [6, 6.07) is 4.46. The molecule has 0 aliphatic carbocycles. The van der Waals surface area contributed by atoms with Crippen LogP contribution in [0.3, 0.4) is 0 Å². The van der Waals surface area contributed by atoms with Gasteiger partial charge in [0.2, 0.25) is 10.0 Å². The minimum atomic E-state index is -3.68. The standard InChI is InChI=1S/C13H21NO5S/c1-4-19-10(2)8-14-20(16,17)13-6-5-11(9-15)7-12(13)18-3/h5-7,10,14-15H,4,8-9H2,1-3H3. The summed E-state index contributed by atoms with van der Waals surface area (Å²) in [5, 5.41) is 9.05. The molecular weight excluding hydrogens is 282 g/mol. The first-order valence-electron chi connectivity index (χ1n) is 6.33. The molecule has 1 atom stereocenters. The number of hydrogen-bond acceptors (Lipinski definition) is 5. The highest BCUT2D eigenvalue weighted by atomic mass is 32.2. The molecule has 1 aromatic carbocycles. The normalized spacial score (nSPS) is 13.2. The molecule has 6 nitrogen and oxygen atoms in total. The van der Waals surface area contributed by atoms with Gasteiger partial charge in [-0.25, -0.2) is 13.1 Å². The lowest BCUT2D eigenvalue weighted by atomic mass is 10.2. The number of sulfonamides is 1. The van der Waals surface area contributed by atoms with Crippen molar-refractivity contribution in [1.29, 1.82) is 0 Å². The average molecular weight is 303 g/mol. The SMILES string of the molecule is CCOC(C)CNS(=O)(=O)c1ccc(CO)cc1OC. The number of hydrogen-bond donors (Lipinski definition) is 2. The van der Waals surface area contributed by atoms with Gasteiger partial charge >= 0.3 is 0 Å². The summed E-state index contributed by atoms with van der Waals surface area (Å²) in [5.41, 5.74) is 0.587. The predicted octanol–water partition coefficient (Wildman–Crippen LogP) is 0.891. The molecule has 0 aromatic heterocycles. The van der Waals surface area contributed by atoms with E-state index in [9.17, 15) is 8.42 Å². The van der Waals surface area contributed by atoms with Crippen LogP contribution in [0.4, 0.5) is 0 Å². The summed E-state index contributed by atoms with van der Waals surface area (Å²) >= 11 is 0. The van der Waals surface area contributed by atoms with Crippen molar-refractivity contribution in [2.75, 3.05) is 20.3 Å². The van der Waals surface area contributed by atoms with Crippen LogP contribution in [0.25, 0.3) is 0 Å². The van der Waals surface area contributed by atoms with Gasteiger partial charge in [-0.1, -0.05) is 6.07 Å². The fourth-order valence-corrected chi connectivity index (χ4v) is 2.94. The zero-order valence-electron chi connectivity index (χ0n) is 11.9. The number of nitrogens with one attached hydrogen (secondary N) is 1. The predicted molar refractivity (Wildman–Crippen MR) is 75.2 cm³/mol. The van der Waals surface area contributed by atoms with Crippen LogP contribution in [0.1, 0.15) is 19.4 Å². The maximum atomic E-state index is 12.2. The molecule has 0 amide bonds. The highest BCUT2D eigenvalue weighted by Crippen LogP contribution is 2.24. The van der Waals surface area contributed by atoms with E-state index in [1.807, 2.05) is 6.92 Å². The smallest absolute Gasteiger partial charge is 0.244 e. The van der Waals surface area contributed by atoms with E-state index in [2.05, 4.69) is 4.72 Å². The van der Waals surface area contributed by atoms with Gasteiger partial charge in [0.1, 0.15) is 10.6 Å². The second-order valence-electron chi connectivity index (χ2n) is 4.26. The van der Waals surface area contributed by atoms with Gasteiger partial charge in [-0.15, -0.1) is 0 Å². The third-order valence-electron chi connectivity index (χ3n) is 2.71. The van der Waals surface area contributed by atoms with E-state index in [0.29, 0.717) is 12.2 Å². The third-order valence-corrected chi connectivity index (χ3v) is 4.18. The van der Waals surface area contributed by atoms with Crippen LogP contribution in [0.15, 0.2) is 23.1 Å². The highest BCUT2D eigenvalue weighted by Gasteiger charge is 2.20. The van der Waals surface area contributed by atoms with Crippen LogP contribution >= 0.6 is 0 Å². The molecule has 1 unspecified atom stereocenters. The molecule has 0 aliphatic rings. The Bertz CT molecular complexity index is 530. The van der Waals surface area contributed by atoms with Crippen LogP contribution in [0.2, 0.25) is 0 Å². The maximum Gasteiger partial charge on any atom is 0.244 e. The molecule has 7 heteroatoms. The number of benzene rings is 1. The Kier molecular flexibility index (Phi) is 6.41. The van der Waals surface area contributed by atoms with E-state index in [1.54, 1.807) is 13.0 Å². The van der Waals surface area contributed by atoms with Crippen molar-refractivity contribution < 1.29 is 23.0 Å². The Balaban J connectivity index is 2.92. The molecule has 0 heterocycles. The van der Waals surface area contributed by atoms with Crippen LogP contribution in [-0.2, 0) is 21.4 Å². The summed E-state index contributed by atoms with van der Waals surface area (Å²) in [7, 11) is -2.29. The monoisotopic (exact) mass is 303 g/mol. The summed E-state index contributed by atoms with van der Waals surface area (Å²) in [6.07, 6.45) is -0.211. The fourth-order valence-electron chi connectivity index (χ4n) is 1.68. The summed E-state index contributed by atoms with van der Waals surface area (Å²) in [6.45, 7) is 4.17. The Morgan fingerprint density at radius 3 is 2.65 bits per heavy atom. The minimum absolute atomic E-state index is 0.0425. The van der Waals surface area contributed by atoms with E-state index in [1.165, 1.54) is 19.2 Å². The van der Waals surface area contributed by atoms with Gasteiger partial charge in [0.15, 0.2) is 0 Å². The van der Waals surface area contributed by atoms with E-state index in [-0.39, 0.29) is 29.9 Å². The Morgan fingerprint density at radius 1 is 1.40 bits per heavy atom. The van der Waals surface area contributed by atoms with Gasteiger partial charge in [0, 0.05) is 13.2 Å². The first-order chi connectivity index (χ1) is 9.44. The van der Waals surface area contributed by atoms with E-state index in [0.717, 1.165) is 0 Å². The van der Waals surface area contributed by atoms with Crippen LogP contribution in [-0.4, -0.2) is 39.9 Å². The van der Waals surface area contributed by atoms with Crippen molar-refractivity contribution in [3.8, 4) is 5.75 Å². The van der Waals surface area contributed by atoms with Crippen molar-refractivity contribution >= 4 is 10.0 Å². The average Bonchev–Trinajstić information content (AvgIpc) is 2.44. The van der Waals surface area contributed by atoms with Gasteiger partial charge < -0.3 is 14.6 Å². The Hall–Kier alpha value is -1.15. The molecule has 20 heavy (non-hydrogen) atoms. The van der Waals surface area contributed by atoms with Crippen molar-refractivity contribution in [2.24, 2.45) is 0 Å². The molecular formula is C13H21NO5S. The third kappa shape index (κ3) is 4.45. The molecule has 0 radical (unpaired) electrons. The van der Waals surface area contributed by atoms with Crippen LogP contribution in [0.5, 0.6) is 5.75 Å². The lowest BCUT2D eigenvalue weighted by Crippen LogP contribution is -2.32. The number of methoxy groups -OCH3 is 1. The zero-order valence-corrected chi connectivity index (χ0v) is 12.7. The number of rotatable bonds is 8. The molecule has 0 saturated carbocycles. The number of ether oxygens (including phenoxy) is 2. The quantitative estimate of drug-likeness (QED) is 0.745. The van der Waals surface area contributed by atoms with Gasteiger partial charge in [-0.3, -0.25) is 0 Å². The maximum absolute atomic E-state index is 12.2. The highest BCUT2D eigenvalue weighted by molar-refractivity contribution is 7.89. The van der Waals surface area contributed by atoms with E-state index >= 15 is 0 Å². The molecule has 0 aliphatic heterocycles. The topological polar surface area (TPSA) is 84.9 Å². The second-order valence-corrected chi connectivity index (χ2v) is 6.00. The van der Waals surface area contributed by atoms with Crippen molar-refractivity contribution in [3.63, 3.8) is 0 Å². The van der Waals surface area contributed by atoms with Gasteiger partial charge in [0.05, 0.1) is 19.8 Å². The minimum Gasteiger partial charge on any atom is -0.495 e. The van der Waals surface area contributed by atoms with Gasteiger partial charge in [-0.2, -0.15) is 0 Å². The molecule has 0 fully saturated rings. The number of aliphatic hydroxyl groups excluding tert-OH is 1. The van der Waals surface area contributed by atoms with Crippen molar-refractivity contribution in [2.45, 2.75) is 31.5 Å². The van der Waals surface area contributed by atoms with Gasteiger partial charge in [-0.05, 0) is 31.5 Å². The second kappa shape index (κ2) is 7.58.